The molecule has 0 atom stereocenters. The quantitative estimate of drug-likeness (QED) is 0.324. The fourth-order valence-electron chi connectivity index (χ4n) is 3.81. The van der Waals surface area contributed by atoms with Gasteiger partial charge in [-0.3, -0.25) is 4.68 Å². The molecule has 3 aromatic heterocycles. The predicted molar refractivity (Wildman–Crippen MR) is 129 cm³/mol. The first-order valence-corrected chi connectivity index (χ1v) is 11.7. The summed E-state index contributed by atoms with van der Waals surface area (Å²) in [6.07, 6.45) is 7.06. The van der Waals surface area contributed by atoms with Crippen LogP contribution in [0.4, 0.5) is 14.5 Å². The number of aliphatic hydroxyl groups excluding tert-OH is 1. The largest absolute Gasteiger partial charge is 0.394 e. The van der Waals surface area contributed by atoms with Crippen molar-refractivity contribution in [3.63, 3.8) is 0 Å². The van der Waals surface area contributed by atoms with E-state index in [4.69, 9.17) is 5.11 Å². The summed E-state index contributed by atoms with van der Waals surface area (Å²) in [5, 5.41) is 17.9. The fraction of sp³-hybridized carbons (Fsp3) is 0.125. The fourth-order valence-corrected chi connectivity index (χ4v) is 4.17. The molecule has 0 bridgehead atoms. The average Bonchev–Trinajstić information content (AvgIpc) is 3.46. The van der Waals surface area contributed by atoms with Crippen molar-refractivity contribution in [3.8, 4) is 33.6 Å². The van der Waals surface area contributed by atoms with Crippen molar-refractivity contribution < 1.29 is 13.9 Å². The summed E-state index contributed by atoms with van der Waals surface area (Å²) >= 11 is 1.42. The Labute approximate surface area is 198 Å². The number of nitrogens with one attached hydrogen (secondary N) is 1. The van der Waals surface area contributed by atoms with E-state index in [2.05, 4.69) is 19.9 Å². The highest BCUT2D eigenvalue weighted by molar-refractivity contribution is 7.99. The van der Waals surface area contributed by atoms with E-state index < -0.39 is 11.6 Å². The van der Waals surface area contributed by atoms with Crippen LogP contribution >= 0.6 is 11.9 Å². The van der Waals surface area contributed by atoms with E-state index in [1.165, 1.54) is 24.1 Å². The maximum atomic E-state index is 14.5. The first-order valence-electron chi connectivity index (χ1n) is 10.4. The minimum atomic E-state index is -0.620. The number of benzene rings is 2. The predicted octanol–water partition coefficient (Wildman–Crippen LogP) is 4.89. The Bertz CT molecular complexity index is 1480. The van der Waals surface area contributed by atoms with Crippen LogP contribution in [0, 0.1) is 11.6 Å². The number of anilines is 1. The van der Waals surface area contributed by atoms with Crippen LogP contribution in [-0.4, -0.2) is 42.3 Å². The number of nitrogens with zero attached hydrogens (tertiary/aromatic N) is 5. The SMILES string of the molecule is CSNc1cc(-c2ccc(F)cc2F)cc(-c2cnn3cc(-c4ncn(CCO)n4)ccc23)c1. The van der Waals surface area contributed by atoms with Gasteiger partial charge in [0.05, 0.1) is 24.9 Å². The Kier molecular flexibility index (Phi) is 5.99. The van der Waals surface area contributed by atoms with Crippen molar-refractivity contribution in [3.05, 3.63) is 78.9 Å². The van der Waals surface area contributed by atoms with Crippen molar-refractivity contribution in [2.24, 2.45) is 0 Å². The minimum absolute atomic E-state index is 0.0153. The Hall–Kier alpha value is -3.76. The van der Waals surface area contributed by atoms with E-state index in [1.54, 1.807) is 21.7 Å². The molecule has 0 aliphatic heterocycles. The van der Waals surface area contributed by atoms with Gasteiger partial charge < -0.3 is 9.83 Å². The highest BCUT2D eigenvalue weighted by Gasteiger charge is 2.14. The van der Waals surface area contributed by atoms with Crippen molar-refractivity contribution in [2.45, 2.75) is 6.54 Å². The summed E-state index contributed by atoms with van der Waals surface area (Å²) in [4.78, 5) is 4.30. The van der Waals surface area contributed by atoms with Crippen molar-refractivity contribution in [2.75, 3.05) is 17.6 Å². The van der Waals surface area contributed by atoms with Gasteiger partial charge in [0.2, 0.25) is 0 Å². The molecule has 0 saturated heterocycles. The molecular formula is C24H20F2N6OS. The number of halogens is 2. The number of rotatable bonds is 7. The molecule has 0 aliphatic rings. The van der Waals surface area contributed by atoms with Gasteiger partial charge in [0.15, 0.2) is 5.82 Å². The van der Waals surface area contributed by atoms with E-state index in [0.29, 0.717) is 23.5 Å². The first kappa shape index (κ1) is 22.1. The Morgan fingerprint density at radius 3 is 2.59 bits per heavy atom. The van der Waals surface area contributed by atoms with Crippen molar-refractivity contribution in [1.82, 2.24) is 24.4 Å². The smallest absolute Gasteiger partial charge is 0.182 e. The molecule has 0 unspecified atom stereocenters. The first-order chi connectivity index (χ1) is 16.6. The summed E-state index contributed by atoms with van der Waals surface area (Å²) in [5.41, 5.74) is 5.07. The molecule has 2 N–H and O–H groups in total. The number of fused-ring (bicyclic) bond motifs is 1. The summed E-state index contributed by atoms with van der Waals surface area (Å²) < 4.78 is 34.5. The molecule has 34 heavy (non-hydrogen) atoms. The Morgan fingerprint density at radius 1 is 1.00 bits per heavy atom. The third-order valence-corrected chi connectivity index (χ3v) is 5.79. The van der Waals surface area contributed by atoms with Crippen LogP contribution in [-0.2, 0) is 6.54 Å². The molecule has 0 saturated carbocycles. The molecule has 5 aromatic rings. The molecular weight excluding hydrogens is 458 g/mol. The van der Waals surface area contributed by atoms with Crippen LogP contribution in [0.1, 0.15) is 0 Å². The van der Waals surface area contributed by atoms with Crippen LogP contribution in [0.15, 0.2) is 67.3 Å². The molecule has 0 amide bonds. The second-order valence-electron chi connectivity index (χ2n) is 7.59. The summed E-state index contributed by atoms with van der Waals surface area (Å²) in [6.45, 7) is 0.358. The minimum Gasteiger partial charge on any atom is -0.394 e. The molecule has 0 spiro atoms. The van der Waals surface area contributed by atoms with Crippen LogP contribution in [0.5, 0.6) is 0 Å². The van der Waals surface area contributed by atoms with Gasteiger partial charge in [0, 0.05) is 40.9 Å². The van der Waals surface area contributed by atoms with Crippen molar-refractivity contribution in [1.29, 1.82) is 0 Å². The summed E-state index contributed by atoms with van der Waals surface area (Å²) in [5.74, 6) is -0.702. The molecule has 7 nitrogen and oxygen atoms in total. The number of pyridine rings is 1. The van der Waals surface area contributed by atoms with Gasteiger partial charge in [-0.15, -0.1) is 0 Å². The lowest BCUT2D eigenvalue weighted by atomic mass is 9.98. The third-order valence-electron chi connectivity index (χ3n) is 5.35. The zero-order valence-electron chi connectivity index (χ0n) is 18.1. The lowest BCUT2D eigenvalue weighted by molar-refractivity contribution is 0.269. The molecule has 3 heterocycles. The topological polar surface area (TPSA) is 80.3 Å². The number of hydrogen-bond acceptors (Lipinski definition) is 6. The van der Waals surface area contributed by atoms with Gasteiger partial charge in [0.25, 0.3) is 0 Å². The molecule has 10 heteroatoms. The van der Waals surface area contributed by atoms with Crippen LogP contribution in [0.25, 0.3) is 39.2 Å². The van der Waals surface area contributed by atoms with Gasteiger partial charge in [-0.2, -0.15) is 10.2 Å². The van der Waals surface area contributed by atoms with E-state index in [-0.39, 0.29) is 6.61 Å². The number of hydrogen-bond donors (Lipinski definition) is 2. The van der Waals surface area contributed by atoms with Crippen LogP contribution in [0.2, 0.25) is 0 Å². The lowest BCUT2D eigenvalue weighted by Crippen LogP contribution is -2.02. The maximum Gasteiger partial charge on any atom is 0.182 e. The second-order valence-corrected chi connectivity index (χ2v) is 8.20. The standard InChI is InChI=1S/C24H20F2N6OS/c1-34-30-19-9-16(20-4-3-18(25)11-22(20)26)8-17(10-19)21-12-28-32-13-15(2-5-23(21)32)24-27-14-31(29-24)6-7-33/h2-5,8-14,30,33H,6-7H2,1H3. The van der Waals surface area contributed by atoms with E-state index >= 15 is 0 Å². The van der Waals surface area contributed by atoms with Gasteiger partial charge >= 0.3 is 0 Å². The monoisotopic (exact) mass is 478 g/mol. The average molecular weight is 479 g/mol. The van der Waals surface area contributed by atoms with E-state index in [9.17, 15) is 8.78 Å². The van der Waals surface area contributed by atoms with Gasteiger partial charge in [-0.05, 0) is 53.6 Å². The molecule has 0 aliphatic carbocycles. The Morgan fingerprint density at radius 2 is 1.82 bits per heavy atom. The maximum absolute atomic E-state index is 14.5. The lowest BCUT2D eigenvalue weighted by Gasteiger charge is -2.11. The van der Waals surface area contributed by atoms with Gasteiger partial charge in [0.1, 0.15) is 18.0 Å². The third kappa shape index (κ3) is 4.25. The van der Waals surface area contributed by atoms with E-state index in [0.717, 1.165) is 34.0 Å². The normalized spacial score (nSPS) is 11.3. The molecule has 172 valence electrons. The van der Waals surface area contributed by atoms with Gasteiger partial charge in [-0.1, -0.05) is 11.9 Å². The molecule has 5 rings (SSSR count). The van der Waals surface area contributed by atoms with Crippen LogP contribution in [0.3, 0.4) is 0 Å². The Balaban J connectivity index is 1.57. The second kappa shape index (κ2) is 9.24. The number of aliphatic hydroxyl groups is 1. The number of aromatic nitrogens is 5. The highest BCUT2D eigenvalue weighted by Crippen LogP contribution is 2.34. The van der Waals surface area contributed by atoms with Crippen LogP contribution < -0.4 is 4.72 Å². The molecule has 0 radical (unpaired) electrons. The van der Waals surface area contributed by atoms with Gasteiger partial charge in [-0.25, -0.2) is 18.3 Å². The van der Waals surface area contributed by atoms with Crippen molar-refractivity contribution >= 4 is 23.2 Å². The summed E-state index contributed by atoms with van der Waals surface area (Å²) in [7, 11) is 0. The summed E-state index contributed by atoms with van der Waals surface area (Å²) in [6, 6.07) is 13.1. The zero-order chi connectivity index (χ0) is 23.7. The van der Waals surface area contributed by atoms with E-state index in [1.807, 2.05) is 42.8 Å². The zero-order valence-corrected chi connectivity index (χ0v) is 18.9. The molecule has 2 aromatic carbocycles. The molecule has 0 fully saturated rings. The highest BCUT2D eigenvalue weighted by atomic mass is 32.2.